The molecule has 0 aromatic heterocycles. The van der Waals surface area contributed by atoms with Crippen LogP contribution >= 0.6 is 0 Å². The molecule has 1 rings (SSSR count). The van der Waals surface area contributed by atoms with Crippen LogP contribution in [0, 0.1) is 0 Å². The molecule has 2 N–H and O–H groups in total. The van der Waals surface area contributed by atoms with Crippen LogP contribution in [0.2, 0.25) is 0 Å². The zero-order chi connectivity index (χ0) is 13.1. The SMILES string of the molecule is CN1CCCC1CC(=O)NC(C)(C)CC(=O)O. The summed E-state index contributed by atoms with van der Waals surface area (Å²) in [5.74, 6) is -0.955. The van der Waals surface area contributed by atoms with E-state index in [0.29, 0.717) is 12.5 Å². The molecule has 1 atom stereocenters. The van der Waals surface area contributed by atoms with Gasteiger partial charge in [-0.1, -0.05) is 0 Å². The lowest BCUT2D eigenvalue weighted by atomic mass is 10.00. The average Bonchev–Trinajstić information content (AvgIpc) is 2.47. The van der Waals surface area contributed by atoms with E-state index in [1.807, 2.05) is 7.05 Å². The highest BCUT2D eigenvalue weighted by Gasteiger charge is 2.27. The van der Waals surface area contributed by atoms with Gasteiger partial charge in [0.25, 0.3) is 0 Å². The fraction of sp³-hybridized carbons (Fsp3) is 0.833. The van der Waals surface area contributed by atoms with Crippen LogP contribution in [0.25, 0.3) is 0 Å². The van der Waals surface area contributed by atoms with Crippen LogP contribution in [0.4, 0.5) is 0 Å². The summed E-state index contributed by atoms with van der Waals surface area (Å²) in [6.45, 7) is 4.51. The van der Waals surface area contributed by atoms with Gasteiger partial charge in [0, 0.05) is 18.0 Å². The molecular formula is C12H22N2O3. The molecule has 5 heteroatoms. The number of amides is 1. The molecule has 0 aromatic carbocycles. The van der Waals surface area contributed by atoms with Gasteiger partial charge in [0.05, 0.1) is 6.42 Å². The van der Waals surface area contributed by atoms with Gasteiger partial charge in [-0.2, -0.15) is 0 Å². The van der Waals surface area contributed by atoms with Crippen molar-refractivity contribution >= 4 is 11.9 Å². The van der Waals surface area contributed by atoms with Crippen LogP contribution in [-0.4, -0.2) is 47.1 Å². The normalized spacial score (nSPS) is 21.5. The Labute approximate surface area is 102 Å². The number of hydrogen-bond acceptors (Lipinski definition) is 3. The van der Waals surface area contributed by atoms with Crippen molar-refractivity contribution in [2.24, 2.45) is 0 Å². The molecular weight excluding hydrogens is 220 g/mol. The predicted octanol–water partition coefficient (Wildman–Crippen LogP) is 0.840. The summed E-state index contributed by atoms with van der Waals surface area (Å²) in [5, 5.41) is 11.5. The van der Waals surface area contributed by atoms with Gasteiger partial charge in [-0.25, -0.2) is 0 Å². The number of carbonyl (C=O) groups excluding carboxylic acids is 1. The van der Waals surface area contributed by atoms with Gasteiger partial charge in [-0.15, -0.1) is 0 Å². The minimum atomic E-state index is -0.895. The van der Waals surface area contributed by atoms with Crippen molar-refractivity contribution < 1.29 is 14.7 Å². The van der Waals surface area contributed by atoms with Crippen LogP contribution in [0.15, 0.2) is 0 Å². The fourth-order valence-corrected chi connectivity index (χ4v) is 2.30. The molecule has 0 spiro atoms. The Morgan fingerprint density at radius 3 is 2.59 bits per heavy atom. The highest BCUT2D eigenvalue weighted by atomic mass is 16.4. The lowest BCUT2D eigenvalue weighted by Gasteiger charge is -2.26. The van der Waals surface area contributed by atoms with Gasteiger partial charge in [-0.3, -0.25) is 9.59 Å². The zero-order valence-electron chi connectivity index (χ0n) is 10.8. The molecule has 5 nitrogen and oxygen atoms in total. The first-order valence-electron chi connectivity index (χ1n) is 6.03. The maximum Gasteiger partial charge on any atom is 0.305 e. The largest absolute Gasteiger partial charge is 0.481 e. The topological polar surface area (TPSA) is 69.6 Å². The molecule has 0 bridgehead atoms. The van der Waals surface area contributed by atoms with Crippen molar-refractivity contribution in [2.45, 2.75) is 51.1 Å². The van der Waals surface area contributed by atoms with Gasteiger partial charge in [0.1, 0.15) is 0 Å². The number of nitrogens with zero attached hydrogens (tertiary/aromatic N) is 1. The minimum Gasteiger partial charge on any atom is -0.481 e. The maximum absolute atomic E-state index is 11.8. The first-order chi connectivity index (χ1) is 7.80. The van der Waals surface area contributed by atoms with Crippen LogP contribution in [-0.2, 0) is 9.59 Å². The standard InChI is InChI=1S/C12H22N2O3/c1-12(2,8-11(16)17)13-10(15)7-9-5-4-6-14(9)3/h9H,4-8H2,1-3H3,(H,13,15)(H,16,17). The van der Waals surface area contributed by atoms with E-state index in [-0.39, 0.29) is 12.3 Å². The monoisotopic (exact) mass is 242 g/mol. The number of carboxylic acids is 1. The number of rotatable bonds is 5. The second kappa shape index (κ2) is 5.49. The third-order valence-corrected chi connectivity index (χ3v) is 3.16. The third-order valence-electron chi connectivity index (χ3n) is 3.16. The molecule has 1 heterocycles. The minimum absolute atomic E-state index is 0.0563. The summed E-state index contributed by atoms with van der Waals surface area (Å²) in [4.78, 5) is 24.6. The van der Waals surface area contributed by atoms with Crippen molar-refractivity contribution in [1.82, 2.24) is 10.2 Å². The summed E-state index contributed by atoms with van der Waals surface area (Å²) in [5.41, 5.74) is -0.680. The first kappa shape index (κ1) is 14.0. The number of aliphatic carboxylic acids is 1. The van der Waals surface area contributed by atoms with E-state index >= 15 is 0 Å². The maximum atomic E-state index is 11.8. The van der Waals surface area contributed by atoms with E-state index in [0.717, 1.165) is 19.4 Å². The number of nitrogens with one attached hydrogen (secondary N) is 1. The van der Waals surface area contributed by atoms with Crippen molar-refractivity contribution in [3.05, 3.63) is 0 Å². The Bertz CT molecular complexity index is 302. The number of carboxylic acid groups (broad SMARTS) is 1. The van der Waals surface area contributed by atoms with Gasteiger partial charge < -0.3 is 15.3 Å². The lowest BCUT2D eigenvalue weighted by Crippen LogP contribution is -2.46. The van der Waals surface area contributed by atoms with Crippen LogP contribution in [0.1, 0.15) is 39.5 Å². The number of likely N-dealkylation sites (tertiary alicyclic amines) is 1. The fourth-order valence-electron chi connectivity index (χ4n) is 2.30. The molecule has 0 radical (unpaired) electrons. The van der Waals surface area contributed by atoms with E-state index in [9.17, 15) is 9.59 Å². The molecule has 0 saturated carbocycles. The van der Waals surface area contributed by atoms with Crippen LogP contribution < -0.4 is 5.32 Å². The van der Waals surface area contributed by atoms with E-state index in [1.165, 1.54) is 0 Å². The summed E-state index contributed by atoms with van der Waals surface area (Å²) in [6, 6.07) is 0.302. The Morgan fingerprint density at radius 2 is 2.12 bits per heavy atom. The highest BCUT2D eigenvalue weighted by Crippen LogP contribution is 2.18. The van der Waals surface area contributed by atoms with Crippen LogP contribution in [0.3, 0.4) is 0 Å². The van der Waals surface area contributed by atoms with E-state index < -0.39 is 11.5 Å². The van der Waals surface area contributed by atoms with Crippen molar-refractivity contribution in [3.63, 3.8) is 0 Å². The Morgan fingerprint density at radius 1 is 1.47 bits per heavy atom. The average molecular weight is 242 g/mol. The van der Waals surface area contributed by atoms with E-state index in [2.05, 4.69) is 10.2 Å². The predicted molar refractivity (Wildman–Crippen MR) is 64.7 cm³/mol. The first-order valence-corrected chi connectivity index (χ1v) is 6.03. The Balaban J connectivity index is 2.40. The summed E-state index contributed by atoms with van der Waals surface area (Å²) >= 11 is 0. The summed E-state index contributed by atoms with van der Waals surface area (Å²) in [7, 11) is 2.02. The molecule has 1 saturated heterocycles. The van der Waals surface area contributed by atoms with Gasteiger partial charge in [-0.05, 0) is 40.3 Å². The quantitative estimate of drug-likeness (QED) is 0.749. The van der Waals surface area contributed by atoms with Crippen molar-refractivity contribution in [3.8, 4) is 0 Å². The molecule has 0 aliphatic carbocycles. The molecule has 1 amide bonds. The molecule has 1 fully saturated rings. The van der Waals surface area contributed by atoms with Gasteiger partial charge in [0.2, 0.25) is 5.91 Å². The lowest BCUT2D eigenvalue weighted by molar-refractivity contribution is -0.138. The Hall–Kier alpha value is -1.10. The van der Waals surface area contributed by atoms with Crippen molar-refractivity contribution in [2.75, 3.05) is 13.6 Å². The molecule has 1 aliphatic rings. The molecule has 0 aromatic rings. The van der Waals surface area contributed by atoms with Gasteiger partial charge >= 0.3 is 5.97 Å². The summed E-state index contributed by atoms with van der Waals surface area (Å²) in [6.07, 6.45) is 2.58. The molecule has 1 unspecified atom stereocenters. The van der Waals surface area contributed by atoms with Crippen LogP contribution in [0.5, 0.6) is 0 Å². The third kappa shape index (κ3) is 4.73. The number of hydrogen-bond donors (Lipinski definition) is 2. The van der Waals surface area contributed by atoms with Crippen molar-refractivity contribution in [1.29, 1.82) is 0 Å². The summed E-state index contributed by atoms with van der Waals surface area (Å²) < 4.78 is 0. The van der Waals surface area contributed by atoms with E-state index in [1.54, 1.807) is 13.8 Å². The second-order valence-electron chi connectivity index (χ2n) is 5.48. The molecule has 98 valence electrons. The number of carbonyl (C=O) groups is 2. The highest BCUT2D eigenvalue weighted by molar-refractivity contribution is 5.78. The molecule has 1 aliphatic heterocycles. The smallest absolute Gasteiger partial charge is 0.305 e. The second-order valence-corrected chi connectivity index (χ2v) is 5.48. The zero-order valence-corrected chi connectivity index (χ0v) is 10.8. The Kier molecular flexibility index (Phi) is 4.51. The molecule has 17 heavy (non-hydrogen) atoms. The van der Waals surface area contributed by atoms with E-state index in [4.69, 9.17) is 5.11 Å². The van der Waals surface area contributed by atoms with Gasteiger partial charge in [0.15, 0.2) is 0 Å².